The molecule has 0 rings (SSSR count). The van der Waals surface area contributed by atoms with E-state index in [0.29, 0.717) is 0 Å². The fraction of sp³-hybridized carbons (Fsp3) is 0.917. The van der Waals surface area contributed by atoms with Gasteiger partial charge in [0.15, 0.2) is 0 Å². The first kappa shape index (κ1) is 20.2. The van der Waals surface area contributed by atoms with Crippen molar-refractivity contribution in [1.82, 2.24) is 4.72 Å². The number of nitrogens with one attached hydrogen (secondary N) is 1. The maximum Gasteiger partial charge on any atom is 0.389 e. The van der Waals surface area contributed by atoms with Gasteiger partial charge in [0.1, 0.15) is 0 Å². The van der Waals surface area contributed by atoms with Crippen molar-refractivity contribution >= 4 is 16.0 Å². The van der Waals surface area contributed by atoms with Gasteiger partial charge in [-0.15, -0.1) is 0 Å². The van der Waals surface area contributed by atoms with Gasteiger partial charge in [0.05, 0.1) is 12.2 Å². The zero-order valence-corrected chi connectivity index (χ0v) is 13.1. The zero-order chi connectivity index (χ0) is 16.9. The molecule has 1 unspecified atom stereocenters. The minimum Gasteiger partial charge on any atom is -0.481 e. The van der Waals surface area contributed by atoms with Crippen LogP contribution in [0.25, 0.3) is 0 Å². The van der Waals surface area contributed by atoms with E-state index in [1.807, 2.05) is 20.8 Å². The summed E-state index contributed by atoms with van der Waals surface area (Å²) < 4.78 is 61.6. The highest BCUT2D eigenvalue weighted by Gasteiger charge is 2.29. The number of carboxylic acid groups (broad SMARTS) is 1. The molecule has 0 amide bonds. The number of carbonyl (C=O) groups is 1. The van der Waals surface area contributed by atoms with Crippen molar-refractivity contribution < 1.29 is 31.5 Å². The summed E-state index contributed by atoms with van der Waals surface area (Å²) >= 11 is 0. The van der Waals surface area contributed by atoms with E-state index in [0.717, 1.165) is 0 Å². The molecular weight excluding hydrogens is 311 g/mol. The summed E-state index contributed by atoms with van der Waals surface area (Å²) in [6, 6.07) is -0.835. The predicted molar refractivity (Wildman–Crippen MR) is 72.3 cm³/mol. The lowest BCUT2D eigenvalue weighted by atomic mass is 9.87. The fourth-order valence-electron chi connectivity index (χ4n) is 1.88. The molecular formula is C12H22F3NO4S. The topological polar surface area (TPSA) is 83.5 Å². The second-order valence-electron chi connectivity index (χ2n) is 6.22. The number of alkyl halides is 3. The molecule has 0 radical (unpaired) electrons. The summed E-state index contributed by atoms with van der Waals surface area (Å²) in [6.07, 6.45) is -6.26. The third kappa shape index (κ3) is 12.6. The molecule has 0 fully saturated rings. The molecule has 1 atom stereocenters. The molecule has 0 saturated carbocycles. The van der Waals surface area contributed by atoms with Crippen molar-refractivity contribution in [3.8, 4) is 0 Å². The van der Waals surface area contributed by atoms with Crippen LogP contribution in [-0.4, -0.2) is 37.5 Å². The quantitative estimate of drug-likeness (QED) is 0.715. The lowest BCUT2D eigenvalue weighted by Crippen LogP contribution is -2.40. The Hall–Kier alpha value is -0.830. The maximum absolute atomic E-state index is 12.0. The van der Waals surface area contributed by atoms with Gasteiger partial charge in [0.2, 0.25) is 10.0 Å². The van der Waals surface area contributed by atoms with Crippen LogP contribution in [0, 0.1) is 5.41 Å². The van der Waals surface area contributed by atoms with Crippen LogP contribution in [0.3, 0.4) is 0 Å². The predicted octanol–water partition coefficient (Wildman–Crippen LogP) is 2.53. The molecule has 0 aromatic rings. The van der Waals surface area contributed by atoms with Crippen LogP contribution < -0.4 is 4.72 Å². The van der Waals surface area contributed by atoms with Crippen molar-refractivity contribution in [3.63, 3.8) is 0 Å². The Morgan fingerprint density at radius 2 is 1.76 bits per heavy atom. The Morgan fingerprint density at radius 3 is 2.14 bits per heavy atom. The van der Waals surface area contributed by atoms with E-state index >= 15 is 0 Å². The lowest BCUT2D eigenvalue weighted by Gasteiger charge is -2.25. The third-order valence-corrected chi connectivity index (χ3v) is 4.02. The summed E-state index contributed by atoms with van der Waals surface area (Å²) in [4.78, 5) is 10.7. The van der Waals surface area contributed by atoms with Crippen LogP contribution in [0.5, 0.6) is 0 Å². The van der Waals surface area contributed by atoms with E-state index in [1.54, 1.807) is 0 Å². The molecule has 2 N–H and O–H groups in total. The summed E-state index contributed by atoms with van der Waals surface area (Å²) in [7, 11) is -3.93. The van der Waals surface area contributed by atoms with Crippen molar-refractivity contribution in [2.24, 2.45) is 5.41 Å². The average molecular weight is 333 g/mol. The molecule has 21 heavy (non-hydrogen) atoms. The SMILES string of the molecule is CC(C)(C)CC(CC(=O)O)NS(=O)(=O)CCCC(F)(F)F. The van der Waals surface area contributed by atoms with Crippen molar-refractivity contribution in [1.29, 1.82) is 0 Å². The second-order valence-corrected chi connectivity index (χ2v) is 8.09. The van der Waals surface area contributed by atoms with E-state index in [2.05, 4.69) is 4.72 Å². The summed E-state index contributed by atoms with van der Waals surface area (Å²) in [6.45, 7) is 5.46. The number of carboxylic acids is 1. The van der Waals surface area contributed by atoms with E-state index in [9.17, 15) is 26.4 Å². The fourth-order valence-corrected chi connectivity index (χ4v) is 3.20. The Kier molecular flexibility index (Phi) is 7.14. The number of rotatable bonds is 8. The standard InChI is InChI=1S/C12H22F3NO4S/c1-11(2,3)8-9(7-10(17)18)16-21(19,20)6-4-5-12(13,14)15/h9,16H,4-8H2,1-3H3,(H,17,18). The smallest absolute Gasteiger partial charge is 0.389 e. The van der Waals surface area contributed by atoms with Crippen LogP contribution in [0.1, 0.15) is 46.5 Å². The Bertz CT molecular complexity index is 440. The van der Waals surface area contributed by atoms with Gasteiger partial charge in [-0.25, -0.2) is 13.1 Å². The van der Waals surface area contributed by atoms with Gasteiger partial charge in [0, 0.05) is 12.5 Å². The Labute approximate surface area is 123 Å². The van der Waals surface area contributed by atoms with Crippen LogP contribution in [-0.2, 0) is 14.8 Å². The number of halogens is 3. The molecule has 0 aromatic carbocycles. The van der Waals surface area contributed by atoms with Crippen LogP contribution in [0.15, 0.2) is 0 Å². The molecule has 0 aliphatic heterocycles. The minimum absolute atomic E-state index is 0.276. The van der Waals surface area contributed by atoms with Gasteiger partial charge in [-0.1, -0.05) is 20.8 Å². The largest absolute Gasteiger partial charge is 0.481 e. The molecule has 0 aromatic heterocycles. The summed E-state index contributed by atoms with van der Waals surface area (Å²) in [5.41, 5.74) is -0.311. The number of hydrogen-bond acceptors (Lipinski definition) is 3. The first-order chi connectivity index (χ1) is 9.20. The molecule has 0 spiro atoms. The Balaban J connectivity index is 4.62. The number of aliphatic carboxylic acids is 1. The average Bonchev–Trinajstić information content (AvgIpc) is 2.08. The molecule has 126 valence electrons. The highest BCUT2D eigenvalue weighted by atomic mass is 32.2. The third-order valence-electron chi connectivity index (χ3n) is 2.50. The van der Waals surface area contributed by atoms with Gasteiger partial charge in [-0.05, 0) is 18.3 Å². The van der Waals surface area contributed by atoms with Gasteiger partial charge < -0.3 is 5.11 Å². The van der Waals surface area contributed by atoms with Crippen LogP contribution >= 0.6 is 0 Å². The van der Waals surface area contributed by atoms with Gasteiger partial charge in [-0.2, -0.15) is 13.2 Å². The first-order valence-corrected chi connectivity index (χ1v) is 8.14. The second kappa shape index (κ2) is 7.44. The highest BCUT2D eigenvalue weighted by molar-refractivity contribution is 7.89. The molecule has 5 nitrogen and oxygen atoms in total. The highest BCUT2D eigenvalue weighted by Crippen LogP contribution is 2.24. The molecule has 0 saturated heterocycles. The van der Waals surface area contributed by atoms with E-state index in [-0.39, 0.29) is 11.8 Å². The molecule has 0 aliphatic rings. The van der Waals surface area contributed by atoms with Crippen molar-refractivity contribution in [2.45, 2.75) is 58.7 Å². The summed E-state index contributed by atoms with van der Waals surface area (Å²) in [5, 5.41) is 8.78. The molecule has 0 bridgehead atoms. The normalized spacial score (nSPS) is 15.0. The number of hydrogen-bond donors (Lipinski definition) is 2. The Morgan fingerprint density at radius 1 is 1.24 bits per heavy atom. The van der Waals surface area contributed by atoms with E-state index in [1.165, 1.54) is 0 Å². The van der Waals surface area contributed by atoms with E-state index in [4.69, 9.17) is 5.11 Å². The summed E-state index contributed by atoms with van der Waals surface area (Å²) in [5.74, 6) is -1.84. The maximum atomic E-state index is 12.0. The minimum atomic E-state index is -4.40. The molecule has 0 heterocycles. The van der Waals surface area contributed by atoms with Crippen LogP contribution in [0.2, 0.25) is 0 Å². The number of sulfonamides is 1. The van der Waals surface area contributed by atoms with Crippen molar-refractivity contribution in [2.75, 3.05) is 5.75 Å². The van der Waals surface area contributed by atoms with Gasteiger partial charge in [0.25, 0.3) is 0 Å². The van der Waals surface area contributed by atoms with E-state index < -0.39 is 53.2 Å². The van der Waals surface area contributed by atoms with Gasteiger partial charge in [-0.3, -0.25) is 4.79 Å². The lowest BCUT2D eigenvalue weighted by molar-refractivity contribution is -0.137. The first-order valence-electron chi connectivity index (χ1n) is 6.49. The van der Waals surface area contributed by atoms with Gasteiger partial charge >= 0.3 is 12.1 Å². The molecule has 0 aliphatic carbocycles. The monoisotopic (exact) mass is 333 g/mol. The van der Waals surface area contributed by atoms with Crippen molar-refractivity contribution in [3.05, 3.63) is 0 Å². The zero-order valence-electron chi connectivity index (χ0n) is 12.3. The molecule has 9 heteroatoms. The van der Waals surface area contributed by atoms with Crippen LogP contribution in [0.4, 0.5) is 13.2 Å².